The second-order valence-corrected chi connectivity index (χ2v) is 7.46. The van der Waals surface area contributed by atoms with E-state index in [1.807, 2.05) is 36.4 Å². The molecule has 1 aliphatic heterocycles. The number of nitrogens with one attached hydrogen (secondary N) is 1. The molecule has 0 atom stereocenters. The number of piperazine rings is 1. The number of carbonyl (C=O) groups is 1. The molecule has 5 nitrogen and oxygen atoms in total. The fraction of sp³-hybridized carbons (Fsp3) is 0.250. The first-order chi connectivity index (χ1) is 14.2. The molecule has 0 saturated carbocycles. The molecule has 148 valence electrons. The number of amides is 1. The average Bonchev–Trinajstić information content (AvgIpc) is 2.79. The Hall–Kier alpha value is -3.18. The Morgan fingerprint density at radius 1 is 0.966 bits per heavy atom. The highest BCUT2D eigenvalue weighted by Crippen LogP contribution is 2.24. The van der Waals surface area contributed by atoms with E-state index in [4.69, 9.17) is 0 Å². The summed E-state index contributed by atoms with van der Waals surface area (Å²) in [6, 6.07) is 20.2. The highest BCUT2D eigenvalue weighted by molar-refractivity contribution is 5.95. The van der Waals surface area contributed by atoms with Crippen molar-refractivity contribution in [3.05, 3.63) is 84.2 Å². The number of anilines is 1. The van der Waals surface area contributed by atoms with Crippen LogP contribution >= 0.6 is 0 Å². The Morgan fingerprint density at radius 2 is 1.76 bits per heavy atom. The fourth-order valence-corrected chi connectivity index (χ4v) is 3.56. The quantitative estimate of drug-likeness (QED) is 0.730. The summed E-state index contributed by atoms with van der Waals surface area (Å²) in [5.74, 6) is -0.0789. The number of benzene rings is 2. The predicted molar refractivity (Wildman–Crippen MR) is 117 cm³/mol. The van der Waals surface area contributed by atoms with Crippen LogP contribution in [0.3, 0.4) is 0 Å². The molecular formula is C24H26N4O. The van der Waals surface area contributed by atoms with Crippen molar-refractivity contribution in [2.45, 2.75) is 6.54 Å². The number of nitrogens with zero attached hydrogens (tertiary/aromatic N) is 3. The van der Waals surface area contributed by atoms with E-state index < -0.39 is 0 Å². The third-order valence-electron chi connectivity index (χ3n) is 5.37. The SMILES string of the molecule is CN1CCN(c2ccc(-c3cccc(C(=O)NCc4cccnc4)c3)cc2)CC1. The number of likely N-dealkylation sites (N-methyl/N-ethyl adjacent to an activating group) is 1. The monoisotopic (exact) mass is 386 g/mol. The van der Waals surface area contributed by atoms with Crippen LogP contribution in [0, 0.1) is 0 Å². The van der Waals surface area contributed by atoms with Crippen molar-refractivity contribution in [2.24, 2.45) is 0 Å². The van der Waals surface area contributed by atoms with E-state index in [9.17, 15) is 4.79 Å². The van der Waals surface area contributed by atoms with Gasteiger partial charge >= 0.3 is 0 Å². The molecule has 0 unspecified atom stereocenters. The lowest BCUT2D eigenvalue weighted by Gasteiger charge is -2.34. The van der Waals surface area contributed by atoms with Gasteiger partial charge in [0.2, 0.25) is 0 Å². The van der Waals surface area contributed by atoms with Crippen LogP contribution in [0.15, 0.2) is 73.1 Å². The topological polar surface area (TPSA) is 48.5 Å². The summed E-state index contributed by atoms with van der Waals surface area (Å²) in [6.07, 6.45) is 3.49. The molecule has 3 aromatic rings. The number of carbonyl (C=O) groups excluding carboxylic acids is 1. The number of rotatable bonds is 5. The van der Waals surface area contributed by atoms with Crippen LogP contribution < -0.4 is 10.2 Å². The summed E-state index contributed by atoms with van der Waals surface area (Å²) in [7, 11) is 2.17. The summed E-state index contributed by atoms with van der Waals surface area (Å²) in [5.41, 5.74) is 5.06. The van der Waals surface area contributed by atoms with Gasteiger partial charge in [-0.05, 0) is 54.1 Å². The van der Waals surface area contributed by atoms with E-state index in [2.05, 4.69) is 51.4 Å². The van der Waals surface area contributed by atoms with Crippen molar-refractivity contribution in [1.82, 2.24) is 15.2 Å². The number of hydrogen-bond acceptors (Lipinski definition) is 4. The maximum atomic E-state index is 12.5. The van der Waals surface area contributed by atoms with E-state index in [-0.39, 0.29) is 5.91 Å². The van der Waals surface area contributed by atoms with Crippen molar-refractivity contribution in [3.8, 4) is 11.1 Å². The molecule has 0 bridgehead atoms. The lowest BCUT2D eigenvalue weighted by atomic mass is 10.0. The Morgan fingerprint density at radius 3 is 2.48 bits per heavy atom. The van der Waals surface area contributed by atoms with E-state index in [0.29, 0.717) is 12.1 Å². The van der Waals surface area contributed by atoms with Gasteiger partial charge in [0.1, 0.15) is 0 Å². The fourth-order valence-electron chi connectivity index (χ4n) is 3.56. The smallest absolute Gasteiger partial charge is 0.251 e. The van der Waals surface area contributed by atoms with Crippen molar-refractivity contribution in [2.75, 3.05) is 38.1 Å². The zero-order valence-electron chi connectivity index (χ0n) is 16.7. The molecule has 1 amide bonds. The highest BCUT2D eigenvalue weighted by Gasteiger charge is 2.14. The summed E-state index contributed by atoms with van der Waals surface area (Å²) < 4.78 is 0. The molecule has 0 radical (unpaired) electrons. The van der Waals surface area contributed by atoms with Gasteiger partial charge in [0, 0.05) is 56.4 Å². The predicted octanol–water partition coefficient (Wildman–Crippen LogP) is 3.43. The minimum absolute atomic E-state index is 0.0789. The molecule has 2 aromatic carbocycles. The van der Waals surface area contributed by atoms with Crippen LogP contribution in [0.4, 0.5) is 5.69 Å². The summed E-state index contributed by atoms with van der Waals surface area (Å²) in [6.45, 7) is 4.78. The van der Waals surface area contributed by atoms with Gasteiger partial charge < -0.3 is 15.1 Å². The Labute approximate surface area is 172 Å². The minimum Gasteiger partial charge on any atom is -0.369 e. The third-order valence-corrected chi connectivity index (χ3v) is 5.37. The van der Waals surface area contributed by atoms with Crippen LogP contribution in [0.25, 0.3) is 11.1 Å². The van der Waals surface area contributed by atoms with Crippen LogP contribution in [0.1, 0.15) is 15.9 Å². The molecule has 0 aliphatic carbocycles. The second kappa shape index (κ2) is 8.88. The molecular weight excluding hydrogens is 360 g/mol. The van der Waals surface area contributed by atoms with Gasteiger partial charge in [0.15, 0.2) is 0 Å². The van der Waals surface area contributed by atoms with Crippen LogP contribution in [-0.4, -0.2) is 49.0 Å². The molecule has 4 rings (SSSR count). The molecule has 0 spiro atoms. The maximum Gasteiger partial charge on any atom is 0.251 e. The van der Waals surface area contributed by atoms with Gasteiger partial charge in [-0.25, -0.2) is 0 Å². The van der Waals surface area contributed by atoms with Crippen LogP contribution in [0.5, 0.6) is 0 Å². The van der Waals surface area contributed by atoms with Crippen molar-refractivity contribution >= 4 is 11.6 Å². The Bertz CT molecular complexity index is 948. The second-order valence-electron chi connectivity index (χ2n) is 7.46. The normalized spacial score (nSPS) is 14.6. The molecule has 1 saturated heterocycles. The molecule has 1 fully saturated rings. The third kappa shape index (κ3) is 4.81. The first kappa shape index (κ1) is 19.2. The number of hydrogen-bond donors (Lipinski definition) is 1. The van der Waals surface area contributed by atoms with Crippen LogP contribution in [-0.2, 0) is 6.54 Å². The lowest BCUT2D eigenvalue weighted by Crippen LogP contribution is -2.44. The zero-order chi connectivity index (χ0) is 20.1. The summed E-state index contributed by atoms with van der Waals surface area (Å²) >= 11 is 0. The highest BCUT2D eigenvalue weighted by atomic mass is 16.1. The largest absolute Gasteiger partial charge is 0.369 e. The maximum absolute atomic E-state index is 12.5. The number of pyridine rings is 1. The Balaban J connectivity index is 1.43. The van der Waals surface area contributed by atoms with E-state index in [1.54, 1.807) is 12.4 Å². The van der Waals surface area contributed by atoms with E-state index >= 15 is 0 Å². The van der Waals surface area contributed by atoms with Gasteiger partial charge in [-0.2, -0.15) is 0 Å². The van der Waals surface area contributed by atoms with Crippen molar-refractivity contribution in [3.63, 3.8) is 0 Å². The molecule has 5 heteroatoms. The molecule has 2 heterocycles. The van der Waals surface area contributed by atoms with E-state index in [1.165, 1.54) is 5.69 Å². The molecule has 29 heavy (non-hydrogen) atoms. The number of aromatic nitrogens is 1. The minimum atomic E-state index is -0.0789. The molecule has 1 N–H and O–H groups in total. The standard InChI is InChI=1S/C24H26N4O/c1-27-12-14-28(15-13-27)23-9-7-20(8-10-23)21-5-2-6-22(16-21)24(29)26-18-19-4-3-11-25-17-19/h2-11,16-17H,12-15,18H2,1H3,(H,26,29). The van der Waals surface area contributed by atoms with Gasteiger partial charge in [-0.1, -0.05) is 30.3 Å². The first-order valence-corrected chi connectivity index (χ1v) is 10.0. The molecule has 1 aromatic heterocycles. The summed E-state index contributed by atoms with van der Waals surface area (Å²) in [4.78, 5) is 21.4. The first-order valence-electron chi connectivity index (χ1n) is 10.0. The van der Waals surface area contributed by atoms with Gasteiger partial charge in [0.25, 0.3) is 5.91 Å². The van der Waals surface area contributed by atoms with E-state index in [0.717, 1.165) is 42.9 Å². The zero-order valence-corrected chi connectivity index (χ0v) is 16.7. The van der Waals surface area contributed by atoms with Gasteiger partial charge in [-0.3, -0.25) is 9.78 Å². The average molecular weight is 386 g/mol. The Kier molecular flexibility index (Phi) is 5.86. The summed E-state index contributed by atoms with van der Waals surface area (Å²) in [5, 5.41) is 2.96. The van der Waals surface area contributed by atoms with Gasteiger partial charge in [-0.15, -0.1) is 0 Å². The van der Waals surface area contributed by atoms with Crippen LogP contribution in [0.2, 0.25) is 0 Å². The lowest BCUT2D eigenvalue weighted by molar-refractivity contribution is 0.0951. The van der Waals surface area contributed by atoms with Crippen molar-refractivity contribution in [1.29, 1.82) is 0 Å². The van der Waals surface area contributed by atoms with Crippen molar-refractivity contribution < 1.29 is 4.79 Å². The molecule has 1 aliphatic rings. The van der Waals surface area contributed by atoms with Gasteiger partial charge in [0.05, 0.1) is 0 Å².